The molecule has 2 atom stereocenters. The van der Waals surface area contributed by atoms with Gasteiger partial charge in [0, 0.05) is 19.3 Å². The van der Waals surface area contributed by atoms with Crippen molar-refractivity contribution in [1.29, 1.82) is 0 Å². The summed E-state index contributed by atoms with van der Waals surface area (Å²) in [5.41, 5.74) is 2.37. The molecular formula is C21H34N2O2Si. The van der Waals surface area contributed by atoms with Gasteiger partial charge in [0.05, 0.1) is 12.1 Å². The minimum Gasteiger partial charge on any atom is -0.413 e. The number of hydrogen-bond acceptors (Lipinski definition) is 3. The van der Waals surface area contributed by atoms with Crippen LogP contribution in [-0.4, -0.2) is 40.0 Å². The Labute approximate surface area is 159 Å². The minimum absolute atomic E-state index is 0.130. The molecule has 0 spiro atoms. The summed E-state index contributed by atoms with van der Waals surface area (Å²) in [4.78, 5) is 14.7. The molecule has 1 saturated carbocycles. The lowest BCUT2D eigenvalue weighted by Crippen LogP contribution is -2.44. The van der Waals surface area contributed by atoms with Crippen LogP contribution in [0.5, 0.6) is 0 Å². The van der Waals surface area contributed by atoms with Crippen LogP contribution in [0.25, 0.3) is 0 Å². The standard InChI is InChI=1S/C21H34N2O2Si/c1-21(2,3)26(5,6)25-18-13-19(22-14-18)20(24)23(4)17-11-9-16(10-12-17)15-7-8-15/h9-12,15,18-19,22H,7-8,13-14H2,1-6H3/t18?,19-/m1/s1. The predicted octanol–water partition coefficient (Wildman–Crippen LogP) is 4.28. The summed E-state index contributed by atoms with van der Waals surface area (Å²) in [5.74, 6) is 0.875. The Morgan fingerprint density at radius 1 is 1.19 bits per heavy atom. The van der Waals surface area contributed by atoms with Gasteiger partial charge in [0.15, 0.2) is 8.32 Å². The highest BCUT2D eigenvalue weighted by atomic mass is 28.4. The Kier molecular flexibility index (Phi) is 5.35. The van der Waals surface area contributed by atoms with E-state index in [4.69, 9.17) is 4.43 Å². The molecule has 4 nitrogen and oxygen atoms in total. The van der Waals surface area contributed by atoms with Crippen molar-refractivity contribution in [3.63, 3.8) is 0 Å². The monoisotopic (exact) mass is 374 g/mol. The van der Waals surface area contributed by atoms with Gasteiger partial charge in [0.1, 0.15) is 0 Å². The van der Waals surface area contributed by atoms with E-state index < -0.39 is 8.32 Å². The highest BCUT2D eigenvalue weighted by molar-refractivity contribution is 6.74. The first-order chi connectivity index (χ1) is 12.1. The van der Waals surface area contributed by atoms with Crippen LogP contribution < -0.4 is 10.2 Å². The molecule has 1 aromatic carbocycles. The number of carbonyl (C=O) groups is 1. The number of nitrogens with zero attached hydrogens (tertiary/aromatic N) is 1. The van der Waals surface area contributed by atoms with Crippen molar-refractivity contribution in [2.75, 3.05) is 18.5 Å². The van der Waals surface area contributed by atoms with Crippen molar-refractivity contribution in [3.05, 3.63) is 29.8 Å². The zero-order valence-electron chi connectivity index (χ0n) is 17.1. The van der Waals surface area contributed by atoms with Crippen molar-refractivity contribution in [2.24, 2.45) is 0 Å². The van der Waals surface area contributed by atoms with Gasteiger partial charge in [-0.2, -0.15) is 0 Å². The molecule has 5 heteroatoms. The molecule has 1 saturated heterocycles. The maximum atomic E-state index is 12.9. The van der Waals surface area contributed by atoms with Crippen LogP contribution in [0.2, 0.25) is 18.1 Å². The lowest BCUT2D eigenvalue weighted by atomic mass is 10.1. The summed E-state index contributed by atoms with van der Waals surface area (Å²) >= 11 is 0. The molecule has 1 aliphatic heterocycles. The van der Waals surface area contributed by atoms with Crippen molar-refractivity contribution < 1.29 is 9.22 Å². The molecule has 144 valence electrons. The van der Waals surface area contributed by atoms with E-state index in [-0.39, 0.29) is 23.1 Å². The second-order valence-corrected chi connectivity index (χ2v) is 14.2. The molecule has 1 unspecified atom stereocenters. The molecule has 1 aromatic rings. The summed E-state index contributed by atoms with van der Waals surface area (Å²) in [6, 6.07) is 8.33. The second-order valence-electron chi connectivity index (χ2n) is 9.46. The van der Waals surface area contributed by atoms with E-state index >= 15 is 0 Å². The molecule has 1 heterocycles. The average molecular weight is 375 g/mol. The molecule has 1 N–H and O–H groups in total. The van der Waals surface area contributed by atoms with Crippen LogP contribution in [-0.2, 0) is 9.22 Å². The van der Waals surface area contributed by atoms with E-state index in [0.29, 0.717) is 0 Å². The number of carbonyl (C=O) groups excluding carboxylic acids is 1. The molecule has 0 radical (unpaired) electrons. The van der Waals surface area contributed by atoms with Gasteiger partial charge in [0.25, 0.3) is 0 Å². The summed E-state index contributed by atoms with van der Waals surface area (Å²) in [6.07, 6.45) is 3.50. The predicted molar refractivity (Wildman–Crippen MR) is 110 cm³/mol. The minimum atomic E-state index is -1.80. The van der Waals surface area contributed by atoms with Crippen molar-refractivity contribution in [2.45, 2.75) is 76.2 Å². The molecule has 1 aliphatic carbocycles. The van der Waals surface area contributed by atoms with Gasteiger partial charge in [-0.15, -0.1) is 0 Å². The number of benzene rings is 1. The van der Waals surface area contributed by atoms with Crippen LogP contribution in [0.3, 0.4) is 0 Å². The van der Waals surface area contributed by atoms with E-state index in [1.807, 2.05) is 7.05 Å². The zero-order chi connectivity index (χ0) is 19.1. The van der Waals surface area contributed by atoms with Gasteiger partial charge in [-0.05, 0) is 61.0 Å². The fraction of sp³-hybridized carbons (Fsp3) is 0.667. The number of amides is 1. The molecule has 3 rings (SSSR count). The summed E-state index contributed by atoms with van der Waals surface area (Å²) in [7, 11) is 0.0717. The third-order valence-corrected chi connectivity index (χ3v) is 10.9. The van der Waals surface area contributed by atoms with E-state index in [9.17, 15) is 4.79 Å². The maximum Gasteiger partial charge on any atom is 0.243 e. The largest absolute Gasteiger partial charge is 0.413 e. The Bertz CT molecular complexity index is 647. The van der Waals surface area contributed by atoms with Crippen molar-refractivity contribution in [3.8, 4) is 0 Å². The maximum absolute atomic E-state index is 12.9. The number of hydrogen-bond donors (Lipinski definition) is 1. The Balaban J connectivity index is 1.58. The van der Waals surface area contributed by atoms with E-state index in [1.54, 1.807) is 4.90 Å². The van der Waals surface area contributed by atoms with Crippen LogP contribution in [0.4, 0.5) is 5.69 Å². The average Bonchev–Trinajstić information content (AvgIpc) is 3.32. The first-order valence-corrected chi connectivity index (χ1v) is 12.8. The molecule has 0 bridgehead atoms. The quantitative estimate of drug-likeness (QED) is 0.782. The highest BCUT2D eigenvalue weighted by Gasteiger charge is 2.42. The van der Waals surface area contributed by atoms with Gasteiger partial charge in [-0.3, -0.25) is 4.79 Å². The van der Waals surface area contributed by atoms with Crippen LogP contribution in [0, 0.1) is 0 Å². The Hall–Kier alpha value is -1.17. The molecule has 1 amide bonds. The SMILES string of the molecule is CN(C(=O)[C@H]1CC(O[Si](C)(C)C(C)(C)C)CN1)c1ccc(C2CC2)cc1. The second kappa shape index (κ2) is 7.10. The molecule has 0 aromatic heterocycles. The van der Waals surface area contributed by atoms with E-state index in [2.05, 4.69) is 63.4 Å². The molecule has 2 fully saturated rings. The summed E-state index contributed by atoms with van der Waals surface area (Å²) in [6.45, 7) is 12.1. The van der Waals surface area contributed by atoms with Crippen molar-refractivity contribution in [1.82, 2.24) is 5.32 Å². The van der Waals surface area contributed by atoms with Crippen molar-refractivity contribution >= 4 is 19.9 Å². The third-order valence-electron chi connectivity index (χ3n) is 6.32. The lowest BCUT2D eigenvalue weighted by molar-refractivity contribution is -0.120. The normalized spacial score (nSPS) is 23.9. The van der Waals surface area contributed by atoms with Gasteiger partial charge in [0.2, 0.25) is 5.91 Å². The first kappa shape index (κ1) is 19.6. The first-order valence-electron chi connectivity index (χ1n) is 9.87. The summed E-state index contributed by atoms with van der Waals surface area (Å²) in [5, 5.41) is 3.57. The number of nitrogens with one attached hydrogen (secondary N) is 1. The van der Waals surface area contributed by atoms with Gasteiger partial charge >= 0.3 is 0 Å². The molecular weight excluding hydrogens is 340 g/mol. The highest BCUT2D eigenvalue weighted by Crippen LogP contribution is 2.40. The zero-order valence-corrected chi connectivity index (χ0v) is 18.1. The Morgan fingerprint density at radius 3 is 2.35 bits per heavy atom. The van der Waals surface area contributed by atoms with Gasteiger partial charge < -0.3 is 14.6 Å². The van der Waals surface area contributed by atoms with E-state index in [1.165, 1.54) is 18.4 Å². The van der Waals surface area contributed by atoms with Gasteiger partial charge in [-0.1, -0.05) is 32.9 Å². The number of anilines is 1. The topological polar surface area (TPSA) is 41.6 Å². The van der Waals surface area contributed by atoms with Gasteiger partial charge in [-0.25, -0.2) is 0 Å². The fourth-order valence-electron chi connectivity index (χ4n) is 3.32. The summed E-state index contributed by atoms with van der Waals surface area (Å²) < 4.78 is 6.48. The molecule has 26 heavy (non-hydrogen) atoms. The van der Waals surface area contributed by atoms with Crippen LogP contribution in [0.15, 0.2) is 24.3 Å². The Morgan fingerprint density at radius 2 is 1.81 bits per heavy atom. The lowest BCUT2D eigenvalue weighted by Gasteiger charge is -2.38. The molecule has 2 aliphatic rings. The van der Waals surface area contributed by atoms with Crippen LogP contribution in [0.1, 0.15) is 51.5 Å². The smallest absolute Gasteiger partial charge is 0.243 e. The fourth-order valence-corrected chi connectivity index (χ4v) is 4.69. The number of rotatable bonds is 5. The van der Waals surface area contributed by atoms with E-state index in [0.717, 1.165) is 24.6 Å². The third kappa shape index (κ3) is 4.21. The van der Waals surface area contributed by atoms with Crippen LogP contribution >= 0.6 is 0 Å². The number of likely N-dealkylation sites (N-methyl/N-ethyl adjacent to an activating group) is 1.